The number of rotatable bonds is 5. The van der Waals surface area contributed by atoms with E-state index < -0.39 is 5.54 Å². The molecule has 1 heterocycles. The lowest BCUT2D eigenvalue weighted by Crippen LogP contribution is -2.55. The van der Waals surface area contributed by atoms with E-state index >= 15 is 0 Å². The number of carbonyl (C=O) groups excluding carboxylic acids is 1. The van der Waals surface area contributed by atoms with Crippen molar-refractivity contribution >= 4 is 5.91 Å². The van der Waals surface area contributed by atoms with Gasteiger partial charge in [-0.2, -0.15) is 5.26 Å². The molecule has 6 nitrogen and oxygen atoms in total. The molecule has 1 aliphatic heterocycles. The van der Waals surface area contributed by atoms with E-state index in [2.05, 4.69) is 28.7 Å². The topological polar surface area (TPSA) is 77.4 Å². The van der Waals surface area contributed by atoms with Gasteiger partial charge in [-0.1, -0.05) is 19.3 Å². The molecule has 2 atom stereocenters. The molecule has 1 aliphatic carbocycles. The van der Waals surface area contributed by atoms with E-state index in [0.29, 0.717) is 6.54 Å². The Balaban J connectivity index is 1.77. The van der Waals surface area contributed by atoms with Crippen molar-refractivity contribution in [2.24, 2.45) is 0 Å². The number of nitrogens with one attached hydrogen (secondary N) is 2. The molecule has 0 unspecified atom stereocenters. The molecule has 22 heavy (non-hydrogen) atoms. The van der Waals surface area contributed by atoms with Gasteiger partial charge in [-0.3, -0.25) is 4.79 Å². The highest BCUT2D eigenvalue weighted by Crippen LogP contribution is 2.27. The van der Waals surface area contributed by atoms with Gasteiger partial charge in [0.1, 0.15) is 5.54 Å². The largest absolute Gasteiger partial charge is 0.374 e. The fourth-order valence-corrected chi connectivity index (χ4v) is 3.16. The van der Waals surface area contributed by atoms with E-state index in [9.17, 15) is 10.1 Å². The van der Waals surface area contributed by atoms with E-state index in [0.717, 1.165) is 51.8 Å². The molecule has 2 aliphatic rings. The number of ether oxygens (including phenoxy) is 1. The van der Waals surface area contributed by atoms with Crippen LogP contribution in [-0.4, -0.2) is 61.8 Å². The van der Waals surface area contributed by atoms with Crippen LogP contribution in [0.25, 0.3) is 0 Å². The maximum atomic E-state index is 12.3. The number of amides is 1. The average molecular weight is 308 g/mol. The summed E-state index contributed by atoms with van der Waals surface area (Å²) in [6, 6.07) is 2.01. The lowest BCUT2D eigenvalue weighted by atomic mass is 9.82. The molecule has 0 radical (unpaired) electrons. The molecule has 0 aromatic heterocycles. The Morgan fingerprint density at radius 2 is 2.18 bits per heavy atom. The van der Waals surface area contributed by atoms with Crippen molar-refractivity contribution in [2.75, 3.05) is 33.3 Å². The van der Waals surface area contributed by atoms with Crippen molar-refractivity contribution in [3.05, 3.63) is 0 Å². The molecule has 1 saturated carbocycles. The van der Waals surface area contributed by atoms with E-state index in [1.807, 2.05) is 6.92 Å². The highest BCUT2D eigenvalue weighted by atomic mass is 16.5. The summed E-state index contributed by atoms with van der Waals surface area (Å²) in [4.78, 5) is 14.6. The van der Waals surface area contributed by atoms with Gasteiger partial charge < -0.3 is 20.3 Å². The number of hydrogen-bond acceptors (Lipinski definition) is 5. The minimum Gasteiger partial charge on any atom is -0.374 e. The van der Waals surface area contributed by atoms with Crippen molar-refractivity contribution in [2.45, 2.75) is 56.7 Å². The summed E-state index contributed by atoms with van der Waals surface area (Å²) in [5.74, 6) is -0.0902. The molecule has 1 amide bonds. The van der Waals surface area contributed by atoms with E-state index in [4.69, 9.17) is 4.74 Å². The zero-order chi connectivity index (χ0) is 16.0. The summed E-state index contributed by atoms with van der Waals surface area (Å²) in [5.41, 5.74) is -0.660. The van der Waals surface area contributed by atoms with Gasteiger partial charge in [0.2, 0.25) is 5.91 Å². The zero-order valence-electron chi connectivity index (χ0n) is 13.7. The first-order valence-electron chi connectivity index (χ1n) is 8.31. The quantitative estimate of drug-likeness (QED) is 0.779. The molecule has 0 spiro atoms. The number of morpholine rings is 1. The molecule has 0 bridgehead atoms. The molecule has 0 aromatic carbocycles. The molecule has 0 aromatic rings. The highest BCUT2D eigenvalue weighted by Gasteiger charge is 2.34. The van der Waals surface area contributed by atoms with Gasteiger partial charge in [0, 0.05) is 19.6 Å². The third kappa shape index (κ3) is 4.67. The predicted octanol–water partition coefficient (Wildman–Crippen LogP) is 0.638. The smallest absolute Gasteiger partial charge is 0.238 e. The molecule has 1 saturated heterocycles. The number of nitriles is 1. The van der Waals surface area contributed by atoms with Crippen LogP contribution in [0.4, 0.5) is 0 Å². The molecule has 2 fully saturated rings. The third-order valence-electron chi connectivity index (χ3n) is 4.67. The van der Waals surface area contributed by atoms with Gasteiger partial charge >= 0.3 is 0 Å². The fourth-order valence-electron chi connectivity index (χ4n) is 3.16. The van der Waals surface area contributed by atoms with Crippen LogP contribution in [0.15, 0.2) is 0 Å². The first kappa shape index (κ1) is 17.2. The van der Waals surface area contributed by atoms with Gasteiger partial charge in [-0.05, 0) is 26.8 Å². The molecule has 124 valence electrons. The average Bonchev–Trinajstić information content (AvgIpc) is 2.53. The molecular formula is C16H28N4O2. The second-order valence-electron chi connectivity index (χ2n) is 6.63. The lowest BCUT2D eigenvalue weighted by Gasteiger charge is -2.33. The van der Waals surface area contributed by atoms with E-state index in [-0.39, 0.29) is 18.1 Å². The van der Waals surface area contributed by atoms with Crippen LogP contribution < -0.4 is 10.6 Å². The number of likely N-dealkylation sites (N-methyl/N-ethyl adjacent to an activating group) is 1. The first-order valence-corrected chi connectivity index (χ1v) is 8.31. The van der Waals surface area contributed by atoms with Crippen LogP contribution >= 0.6 is 0 Å². The predicted molar refractivity (Wildman–Crippen MR) is 84.3 cm³/mol. The molecule has 2 N–H and O–H groups in total. The Labute approximate surface area is 133 Å². The normalized spacial score (nSPS) is 26.9. The monoisotopic (exact) mass is 308 g/mol. The Morgan fingerprint density at radius 1 is 1.45 bits per heavy atom. The Kier molecular flexibility index (Phi) is 6.18. The van der Waals surface area contributed by atoms with Crippen LogP contribution in [0.1, 0.15) is 39.0 Å². The minimum atomic E-state index is -0.660. The summed E-state index contributed by atoms with van der Waals surface area (Å²) < 4.78 is 5.68. The maximum Gasteiger partial charge on any atom is 0.238 e. The van der Waals surface area contributed by atoms with E-state index in [1.54, 1.807) is 0 Å². The zero-order valence-corrected chi connectivity index (χ0v) is 13.7. The summed E-state index contributed by atoms with van der Waals surface area (Å²) in [6.45, 7) is 5.07. The summed E-state index contributed by atoms with van der Waals surface area (Å²) in [7, 11) is 2.07. The van der Waals surface area contributed by atoms with Gasteiger partial charge in [-0.25, -0.2) is 0 Å². The molecule has 2 rings (SSSR count). The number of nitrogens with zero attached hydrogens (tertiary/aromatic N) is 2. The van der Waals surface area contributed by atoms with Crippen LogP contribution in [0.3, 0.4) is 0 Å². The van der Waals surface area contributed by atoms with E-state index in [1.165, 1.54) is 0 Å². The summed E-state index contributed by atoms with van der Waals surface area (Å²) >= 11 is 0. The second kappa shape index (κ2) is 7.91. The van der Waals surface area contributed by atoms with Gasteiger partial charge in [0.25, 0.3) is 0 Å². The minimum absolute atomic E-state index is 0.0902. The Morgan fingerprint density at radius 3 is 2.82 bits per heavy atom. The first-order chi connectivity index (χ1) is 10.5. The number of hydrogen-bond donors (Lipinski definition) is 2. The van der Waals surface area contributed by atoms with Gasteiger partial charge in [0.15, 0.2) is 0 Å². The molecule has 6 heteroatoms. The summed E-state index contributed by atoms with van der Waals surface area (Å²) in [6.07, 6.45) is 4.82. The fraction of sp³-hybridized carbons (Fsp3) is 0.875. The Bertz CT molecular complexity index is 415. The van der Waals surface area contributed by atoms with Crippen molar-refractivity contribution in [1.82, 2.24) is 15.5 Å². The molecular weight excluding hydrogens is 280 g/mol. The second-order valence-corrected chi connectivity index (χ2v) is 6.63. The highest BCUT2D eigenvalue weighted by molar-refractivity contribution is 5.82. The van der Waals surface area contributed by atoms with Crippen LogP contribution in [-0.2, 0) is 9.53 Å². The number of carbonyl (C=O) groups is 1. The Hall–Kier alpha value is -1.16. The van der Waals surface area contributed by atoms with Gasteiger partial charge in [-0.15, -0.1) is 0 Å². The summed E-state index contributed by atoms with van der Waals surface area (Å²) in [5, 5.41) is 15.6. The third-order valence-corrected chi connectivity index (χ3v) is 4.67. The standard InChI is InChI=1S/C16H28N4O2/c1-13(18-10-14-11-20(2)8-9-22-14)15(21)19-16(12-17)6-4-3-5-7-16/h13-14,18H,3-11H2,1-2H3,(H,19,21)/t13-,14-/m0/s1. The van der Waals surface area contributed by atoms with Crippen molar-refractivity contribution in [3.8, 4) is 6.07 Å². The maximum absolute atomic E-state index is 12.3. The van der Waals surface area contributed by atoms with Crippen LogP contribution in [0.2, 0.25) is 0 Å². The van der Waals surface area contributed by atoms with Crippen molar-refractivity contribution in [3.63, 3.8) is 0 Å². The van der Waals surface area contributed by atoms with Crippen molar-refractivity contribution < 1.29 is 9.53 Å². The SMILES string of the molecule is C[C@H](NC[C@H]1CN(C)CCO1)C(=O)NC1(C#N)CCCCC1. The van der Waals surface area contributed by atoms with Crippen molar-refractivity contribution in [1.29, 1.82) is 5.26 Å². The lowest BCUT2D eigenvalue weighted by molar-refractivity contribution is -0.124. The van der Waals surface area contributed by atoms with Gasteiger partial charge in [0.05, 0.1) is 24.8 Å². The van der Waals surface area contributed by atoms with Crippen LogP contribution in [0.5, 0.6) is 0 Å². The van der Waals surface area contributed by atoms with Crippen LogP contribution in [0, 0.1) is 11.3 Å².